The van der Waals surface area contributed by atoms with Crippen molar-refractivity contribution in [2.45, 2.75) is 57.4 Å². The predicted octanol–water partition coefficient (Wildman–Crippen LogP) is 4.38. The molecule has 0 radical (unpaired) electrons. The first-order chi connectivity index (χ1) is 12.0. The Balaban J connectivity index is 1.52. The molecular weight excluding hydrogens is 358 g/mol. The summed E-state index contributed by atoms with van der Waals surface area (Å²) in [6.45, 7) is 4.86. The van der Waals surface area contributed by atoms with Crippen molar-refractivity contribution in [2.75, 3.05) is 6.54 Å². The zero-order valence-electron chi connectivity index (χ0n) is 14.5. The normalized spacial score (nSPS) is 25.3. The maximum atomic E-state index is 12.9. The van der Waals surface area contributed by atoms with Crippen LogP contribution in [0.15, 0.2) is 15.9 Å². The van der Waals surface area contributed by atoms with Crippen molar-refractivity contribution >= 4 is 28.8 Å². The van der Waals surface area contributed by atoms with Gasteiger partial charge in [-0.3, -0.25) is 4.79 Å². The summed E-state index contributed by atoms with van der Waals surface area (Å²) < 4.78 is 5.97. The van der Waals surface area contributed by atoms with Crippen LogP contribution in [0.25, 0.3) is 0 Å². The number of thiophene rings is 1. The molecule has 134 valence electrons. The van der Waals surface area contributed by atoms with Gasteiger partial charge in [-0.15, -0.1) is 21.5 Å². The SMILES string of the molecule is CC(C)c1nnc([C@]23CC[C@H]2CCN3C(=O)CCc2cc(Cl)cs2)o1. The third kappa shape index (κ3) is 2.79. The number of rotatable bonds is 5. The highest BCUT2D eigenvalue weighted by atomic mass is 35.5. The molecule has 2 aromatic heterocycles. The van der Waals surface area contributed by atoms with E-state index >= 15 is 0 Å². The Bertz CT molecular complexity index is 787. The average Bonchev–Trinajstić information content (AvgIpc) is 3.24. The number of aromatic nitrogens is 2. The number of halogens is 1. The topological polar surface area (TPSA) is 59.2 Å². The fraction of sp³-hybridized carbons (Fsp3) is 0.611. The van der Waals surface area contributed by atoms with E-state index in [0.717, 1.165) is 42.1 Å². The Morgan fingerprint density at radius 2 is 2.32 bits per heavy atom. The van der Waals surface area contributed by atoms with Crippen LogP contribution < -0.4 is 0 Å². The van der Waals surface area contributed by atoms with Crippen molar-refractivity contribution in [2.24, 2.45) is 5.92 Å². The van der Waals surface area contributed by atoms with Crippen LogP contribution in [-0.4, -0.2) is 27.5 Å². The second-order valence-corrected chi connectivity index (χ2v) is 8.76. The molecule has 7 heteroatoms. The van der Waals surface area contributed by atoms with E-state index in [4.69, 9.17) is 16.0 Å². The maximum absolute atomic E-state index is 12.9. The number of carbonyl (C=O) groups is 1. The summed E-state index contributed by atoms with van der Waals surface area (Å²) in [6, 6.07) is 1.94. The lowest BCUT2D eigenvalue weighted by Crippen LogP contribution is -2.54. The van der Waals surface area contributed by atoms with Crippen molar-refractivity contribution in [3.05, 3.63) is 33.1 Å². The highest BCUT2D eigenvalue weighted by Crippen LogP contribution is 2.56. The molecule has 2 aromatic rings. The molecule has 1 saturated heterocycles. The molecule has 2 aliphatic rings. The molecule has 2 fully saturated rings. The van der Waals surface area contributed by atoms with Gasteiger partial charge in [-0.25, -0.2) is 0 Å². The fourth-order valence-corrected chi connectivity index (χ4v) is 5.16. The van der Waals surface area contributed by atoms with Crippen LogP contribution in [0.2, 0.25) is 5.02 Å². The van der Waals surface area contributed by atoms with E-state index in [1.165, 1.54) is 0 Å². The van der Waals surface area contributed by atoms with Crippen LogP contribution in [0, 0.1) is 5.92 Å². The van der Waals surface area contributed by atoms with E-state index in [-0.39, 0.29) is 17.4 Å². The van der Waals surface area contributed by atoms with Crippen molar-refractivity contribution in [1.29, 1.82) is 0 Å². The van der Waals surface area contributed by atoms with Crippen LogP contribution in [0.5, 0.6) is 0 Å². The number of hydrogen-bond donors (Lipinski definition) is 0. The first-order valence-corrected chi connectivity index (χ1v) is 10.1. The van der Waals surface area contributed by atoms with Gasteiger partial charge in [0.15, 0.2) is 0 Å². The summed E-state index contributed by atoms with van der Waals surface area (Å²) >= 11 is 7.58. The molecule has 25 heavy (non-hydrogen) atoms. The van der Waals surface area contributed by atoms with Gasteiger partial charge in [0.05, 0.1) is 5.02 Å². The molecule has 1 saturated carbocycles. The number of nitrogens with zero attached hydrogens (tertiary/aromatic N) is 3. The number of likely N-dealkylation sites (tertiary alicyclic amines) is 1. The van der Waals surface area contributed by atoms with Gasteiger partial charge < -0.3 is 9.32 Å². The Morgan fingerprint density at radius 3 is 2.92 bits per heavy atom. The molecule has 1 aliphatic carbocycles. The summed E-state index contributed by atoms with van der Waals surface area (Å²) in [6.07, 6.45) is 4.30. The molecule has 0 spiro atoms. The molecule has 0 N–H and O–H groups in total. The zero-order valence-corrected chi connectivity index (χ0v) is 16.1. The monoisotopic (exact) mass is 379 g/mol. The summed E-state index contributed by atoms with van der Waals surface area (Å²) in [7, 11) is 0. The first kappa shape index (κ1) is 17.0. The molecule has 5 nitrogen and oxygen atoms in total. The van der Waals surface area contributed by atoms with E-state index in [9.17, 15) is 4.79 Å². The van der Waals surface area contributed by atoms with Gasteiger partial charge in [0.2, 0.25) is 17.7 Å². The summed E-state index contributed by atoms with van der Waals surface area (Å²) in [5, 5.41) is 11.2. The second kappa shape index (κ2) is 6.40. The molecular formula is C18H22ClN3O2S. The summed E-state index contributed by atoms with van der Waals surface area (Å²) in [4.78, 5) is 16.1. The molecule has 0 bridgehead atoms. The van der Waals surface area contributed by atoms with Crippen LogP contribution >= 0.6 is 22.9 Å². The number of amides is 1. The standard InChI is InChI=1S/C18H22ClN3O2S/c1-11(2)16-20-21-17(24-16)18-7-5-12(18)6-8-22(18)15(23)4-3-14-9-13(19)10-25-14/h9-12H,3-8H2,1-2H3/t12-,18-/m0/s1. The molecule has 4 rings (SSSR count). The Hall–Kier alpha value is -1.40. The smallest absolute Gasteiger partial charge is 0.242 e. The minimum absolute atomic E-state index is 0.177. The third-order valence-corrected chi connectivity index (χ3v) is 6.89. The molecule has 1 amide bonds. The Labute approximate surface area is 156 Å². The molecule has 2 atom stereocenters. The third-order valence-electron chi connectivity index (χ3n) is 5.55. The second-order valence-electron chi connectivity index (χ2n) is 7.33. The summed E-state index contributed by atoms with van der Waals surface area (Å²) in [5.41, 5.74) is -0.357. The van der Waals surface area contributed by atoms with Gasteiger partial charge in [0.25, 0.3) is 0 Å². The number of hydrogen-bond acceptors (Lipinski definition) is 5. The lowest BCUT2D eigenvalue weighted by atomic mass is 9.67. The predicted molar refractivity (Wildman–Crippen MR) is 96.8 cm³/mol. The van der Waals surface area contributed by atoms with Gasteiger partial charge in [-0.05, 0) is 37.7 Å². The molecule has 3 heterocycles. The van der Waals surface area contributed by atoms with E-state index in [2.05, 4.69) is 10.2 Å². The molecule has 0 aromatic carbocycles. The Morgan fingerprint density at radius 1 is 1.48 bits per heavy atom. The van der Waals surface area contributed by atoms with Gasteiger partial charge in [0.1, 0.15) is 5.54 Å². The van der Waals surface area contributed by atoms with Crippen molar-refractivity contribution in [3.63, 3.8) is 0 Å². The van der Waals surface area contributed by atoms with Crippen molar-refractivity contribution in [3.8, 4) is 0 Å². The minimum atomic E-state index is -0.357. The van der Waals surface area contributed by atoms with Crippen LogP contribution in [0.4, 0.5) is 0 Å². The average molecular weight is 380 g/mol. The van der Waals surface area contributed by atoms with E-state index < -0.39 is 0 Å². The lowest BCUT2D eigenvalue weighted by molar-refractivity contribution is -0.142. The van der Waals surface area contributed by atoms with Gasteiger partial charge in [-0.1, -0.05) is 25.4 Å². The van der Waals surface area contributed by atoms with E-state index in [1.54, 1.807) is 11.3 Å². The number of carbonyl (C=O) groups excluding carboxylic acids is 1. The van der Waals surface area contributed by atoms with Gasteiger partial charge >= 0.3 is 0 Å². The van der Waals surface area contributed by atoms with Gasteiger partial charge in [-0.2, -0.15) is 0 Å². The summed E-state index contributed by atoms with van der Waals surface area (Å²) in [5.74, 6) is 2.12. The van der Waals surface area contributed by atoms with Crippen molar-refractivity contribution < 1.29 is 9.21 Å². The minimum Gasteiger partial charge on any atom is -0.422 e. The quantitative estimate of drug-likeness (QED) is 0.773. The molecule has 0 unspecified atom stereocenters. The first-order valence-electron chi connectivity index (χ1n) is 8.88. The van der Waals surface area contributed by atoms with E-state index in [0.29, 0.717) is 24.1 Å². The molecule has 1 aliphatic heterocycles. The zero-order chi connectivity index (χ0) is 17.6. The largest absolute Gasteiger partial charge is 0.422 e. The van der Waals surface area contributed by atoms with Crippen molar-refractivity contribution in [1.82, 2.24) is 15.1 Å². The fourth-order valence-electron chi connectivity index (χ4n) is 4.08. The van der Waals surface area contributed by atoms with Crippen LogP contribution in [-0.2, 0) is 16.8 Å². The van der Waals surface area contributed by atoms with Crippen LogP contribution in [0.3, 0.4) is 0 Å². The Kier molecular flexibility index (Phi) is 4.36. The number of aryl methyl sites for hydroxylation is 1. The highest BCUT2D eigenvalue weighted by molar-refractivity contribution is 7.10. The maximum Gasteiger partial charge on any atom is 0.242 e. The van der Waals surface area contributed by atoms with E-state index in [1.807, 2.05) is 30.2 Å². The van der Waals surface area contributed by atoms with Gasteiger partial charge in [0, 0.05) is 29.1 Å². The number of fused-ring (bicyclic) bond motifs is 1. The lowest BCUT2D eigenvalue weighted by Gasteiger charge is -2.47. The highest BCUT2D eigenvalue weighted by Gasteiger charge is 2.60. The van der Waals surface area contributed by atoms with Crippen LogP contribution in [0.1, 0.15) is 62.1 Å².